The summed E-state index contributed by atoms with van der Waals surface area (Å²) in [7, 11) is -2.06. The predicted molar refractivity (Wildman–Crippen MR) is 55.7 cm³/mol. The summed E-state index contributed by atoms with van der Waals surface area (Å²) >= 11 is 0. The molecule has 1 aromatic carbocycles. The Balaban J connectivity index is 2.51. The summed E-state index contributed by atoms with van der Waals surface area (Å²) in [5, 5.41) is -1.01. The number of ketones is 1. The van der Waals surface area contributed by atoms with E-state index in [4.69, 9.17) is 0 Å². The molecule has 0 aromatic heterocycles. The van der Waals surface area contributed by atoms with Crippen molar-refractivity contribution in [2.24, 2.45) is 0 Å². The van der Waals surface area contributed by atoms with Gasteiger partial charge in [-0.2, -0.15) is 4.31 Å². The largest absolute Gasteiger partial charge is 0.296 e. The highest BCUT2D eigenvalue weighted by atomic mass is 32.2. The lowest BCUT2D eigenvalue weighted by molar-refractivity contribution is -0.117. The van der Waals surface area contributed by atoms with Crippen LogP contribution in [0.15, 0.2) is 30.3 Å². The molecule has 1 unspecified atom stereocenters. The summed E-state index contributed by atoms with van der Waals surface area (Å²) in [6.07, 6.45) is 0. The molecule has 1 aliphatic heterocycles. The maximum atomic E-state index is 11.8. The molecule has 0 radical (unpaired) electrons. The normalized spacial score (nSPS) is 25.7. The van der Waals surface area contributed by atoms with Gasteiger partial charge >= 0.3 is 0 Å². The van der Waals surface area contributed by atoms with E-state index >= 15 is 0 Å². The first-order valence-corrected chi connectivity index (χ1v) is 6.06. The van der Waals surface area contributed by atoms with Crippen molar-refractivity contribution in [2.45, 2.75) is 5.25 Å². The average molecular weight is 225 g/mol. The summed E-state index contributed by atoms with van der Waals surface area (Å²) in [4.78, 5) is 11.6. The smallest absolute Gasteiger partial charge is 0.228 e. The lowest BCUT2D eigenvalue weighted by atomic mass is 10.1. The van der Waals surface area contributed by atoms with Crippen LogP contribution >= 0.6 is 0 Å². The summed E-state index contributed by atoms with van der Waals surface area (Å²) in [5.41, 5.74) is 0.548. The SMILES string of the molecule is CN1CC(=O)C(c2ccccc2)S1(=O)=O. The van der Waals surface area contributed by atoms with Crippen LogP contribution in [0.4, 0.5) is 0 Å². The summed E-state index contributed by atoms with van der Waals surface area (Å²) in [6.45, 7) is -0.0259. The Morgan fingerprint density at radius 1 is 1.27 bits per heavy atom. The highest BCUT2D eigenvalue weighted by Crippen LogP contribution is 2.31. The highest BCUT2D eigenvalue weighted by Gasteiger charge is 2.44. The molecule has 80 valence electrons. The molecule has 2 rings (SSSR count). The quantitative estimate of drug-likeness (QED) is 0.702. The lowest BCUT2D eigenvalue weighted by Gasteiger charge is -2.10. The summed E-state index contributed by atoms with van der Waals surface area (Å²) in [6, 6.07) is 8.59. The van der Waals surface area contributed by atoms with Gasteiger partial charge in [0, 0.05) is 7.05 Å². The fourth-order valence-electron chi connectivity index (χ4n) is 1.72. The summed E-state index contributed by atoms with van der Waals surface area (Å²) in [5.74, 6) is -0.260. The highest BCUT2D eigenvalue weighted by molar-refractivity contribution is 7.90. The number of Topliss-reactive ketones (excluding diaryl/α,β-unsaturated/α-hetero) is 1. The topological polar surface area (TPSA) is 54.5 Å². The van der Waals surface area contributed by atoms with Crippen molar-refractivity contribution in [2.75, 3.05) is 13.6 Å². The van der Waals surface area contributed by atoms with Gasteiger partial charge in [-0.1, -0.05) is 30.3 Å². The molecule has 1 atom stereocenters. The number of sulfonamides is 1. The number of benzene rings is 1. The van der Waals surface area contributed by atoms with Gasteiger partial charge in [-0.25, -0.2) is 8.42 Å². The van der Waals surface area contributed by atoms with Crippen molar-refractivity contribution < 1.29 is 13.2 Å². The van der Waals surface area contributed by atoms with E-state index in [1.807, 2.05) is 0 Å². The first-order valence-electron chi connectivity index (χ1n) is 4.56. The molecule has 0 saturated carbocycles. The Labute approximate surface area is 88.6 Å². The molecule has 1 fully saturated rings. The van der Waals surface area contributed by atoms with Gasteiger partial charge in [0.15, 0.2) is 11.0 Å². The van der Waals surface area contributed by atoms with Crippen LogP contribution in [0.25, 0.3) is 0 Å². The van der Waals surface area contributed by atoms with Gasteiger partial charge in [-0.3, -0.25) is 4.79 Å². The minimum absolute atomic E-state index is 0.0259. The van der Waals surface area contributed by atoms with Crippen molar-refractivity contribution in [3.63, 3.8) is 0 Å². The molecular weight excluding hydrogens is 214 g/mol. The van der Waals surface area contributed by atoms with E-state index in [0.29, 0.717) is 5.56 Å². The third kappa shape index (κ3) is 1.57. The van der Waals surface area contributed by atoms with Crippen molar-refractivity contribution in [3.8, 4) is 0 Å². The van der Waals surface area contributed by atoms with Gasteiger partial charge < -0.3 is 0 Å². The molecule has 1 saturated heterocycles. The monoisotopic (exact) mass is 225 g/mol. The molecule has 0 aliphatic carbocycles. The molecule has 1 heterocycles. The first-order chi connectivity index (χ1) is 7.03. The van der Waals surface area contributed by atoms with E-state index in [9.17, 15) is 13.2 Å². The van der Waals surface area contributed by atoms with E-state index in [1.165, 1.54) is 7.05 Å². The van der Waals surface area contributed by atoms with Gasteiger partial charge in [-0.15, -0.1) is 0 Å². The van der Waals surface area contributed by atoms with Crippen molar-refractivity contribution in [1.82, 2.24) is 4.31 Å². The molecular formula is C10H11NO3S. The molecule has 0 amide bonds. The zero-order valence-electron chi connectivity index (χ0n) is 8.25. The molecule has 0 N–H and O–H groups in total. The molecule has 0 bridgehead atoms. The van der Waals surface area contributed by atoms with E-state index in [-0.39, 0.29) is 12.3 Å². The van der Waals surface area contributed by atoms with E-state index in [1.54, 1.807) is 30.3 Å². The number of hydrogen-bond donors (Lipinski definition) is 0. The van der Waals surface area contributed by atoms with Crippen LogP contribution in [0.2, 0.25) is 0 Å². The third-order valence-electron chi connectivity index (χ3n) is 2.51. The van der Waals surface area contributed by atoms with Gasteiger partial charge in [0.05, 0.1) is 6.54 Å². The maximum absolute atomic E-state index is 11.8. The Morgan fingerprint density at radius 2 is 1.87 bits per heavy atom. The second-order valence-electron chi connectivity index (χ2n) is 3.56. The zero-order chi connectivity index (χ0) is 11.1. The Morgan fingerprint density at radius 3 is 2.33 bits per heavy atom. The third-order valence-corrected chi connectivity index (χ3v) is 4.63. The van der Waals surface area contributed by atoms with Gasteiger partial charge in [0.1, 0.15) is 0 Å². The number of rotatable bonds is 1. The number of hydrogen-bond acceptors (Lipinski definition) is 3. The molecule has 0 spiro atoms. The van der Waals surface area contributed by atoms with Crippen LogP contribution in [0.5, 0.6) is 0 Å². The van der Waals surface area contributed by atoms with Crippen molar-refractivity contribution in [3.05, 3.63) is 35.9 Å². The minimum atomic E-state index is -3.48. The van der Waals surface area contributed by atoms with Crippen LogP contribution in [0.3, 0.4) is 0 Å². The fraction of sp³-hybridized carbons (Fsp3) is 0.300. The minimum Gasteiger partial charge on any atom is -0.296 e. The molecule has 1 aromatic rings. The molecule has 4 nitrogen and oxygen atoms in total. The van der Waals surface area contributed by atoms with Gasteiger partial charge in [0.2, 0.25) is 10.0 Å². The second-order valence-corrected chi connectivity index (χ2v) is 5.68. The van der Waals surface area contributed by atoms with E-state index < -0.39 is 15.3 Å². The number of carbonyl (C=O) groups is 1. The molecule has 1 aliphatic rings. The van der Waals surface area contributed by atoms with Crippen molar-refractivity contribution in [1.29, 1.82) is 0 Å². The van der Waals surface area contributed by atoms with Crippen LogP contribution in [0.1, 0.15) is 10.8 Å². The van der Waals surface area contributed by atoms with E-state index in [2.05, 4.69) is 0 Å². The Hall–Kier alpha value is -1.20. The van der Waals surface area contributed by atoms with Crippen LogP contribution in [-0.2, 0) is 14.8 Å². The molecule has 15 heavy (non-hydrogen) atoms. The lowest BCUT2D eigenvalue weighted by Crippen LogP contribution is -2.21. The van der Waals surface area contributed by atoms with Crippen LogP contribution < -0.4 is 0 Å². The van der Waals surface area contributed by atoms with Crippen LogP contribution in [-0.4, -0.2) is 32.1 Å². The Kier molecular flexibility index (Phi) is 2.36. The number of carbonyl (C=O) groups excluding carboxylic acids is 1. The van der Waals surface area contributed by atoms with Crippen molar-refractivity contribution >= 4 is 15.8 Å². The standard InChI is InChI=1S/C10H11NO3S/c1-11-7-9(12)10(15(11,13)14)8-5-3-2-4-6-8/h2-6,10H,7H2,1H3. The number of likely N-dealkylation sites (N-methyl/N-ethyl adjacent to an activating group) is 1. The summed E-state index contributed by atoms with van der Waals surface area (Å²) < 4.78 is 24.7. The number of nitrogens with zero attached hydrogens (tertiary/aromatic N) is 1. The average Bonchev–Trinajstić information content (AvgIpc) is 2.37. The van der Waals surface area contributed by atoms with Gasteiger partial charge in [-0.05, 0) is 5.56 Å². The fourth-order valence-corrected chi connectivity index (χ4v) is 3.30. The molecule has 5 heteroatoms. The predicted octanol–water partition coefficient (Wildman–Crippen LogP) is 0.572. The van der Waals surface area contributed by atoms with Crippen LogP contribution in [0, 0.1) is 0 Å². The zero-order valence-corrected chi connectivity index (χ0v) is 9.07. The van der Waals surface area contributed by atoms with Gasteiger partial charge in [0.25, 0.3) is 0 Å². The Bertz CT molecular complexity index is 481. The van der Waals surface area contributed by atoms with E-state index in [0.717, 1.165) is 4.31 Å². The second kappa shape index (κ2) is 3.43. The maximum Gasteiger partial charge on any atom is 0.228 e. The first kappa shape index (κ1) is 10.3.